The van der Waals surface area contributed by atoms with E-state index < -0.39 is 0 Å². The fourth-order valence-corrected chi connectivity index (χ4v) is 2.28. The lowest BCUT2D eigenvalue weighted by atomic mass is 10.0. The van der Waals surface area contributed by atoms with E-state index in [1.54, 1.807) is 0 Å². The Morgan fingerprint density at radius 3 is 2.39 bits per heavy atom. The highest BCUT2D eigenvalue weighted by molar-refractivity contribution is 9.10. The molecule has 2 rings (SSSR count). The molecule has 0 radical (unpaired) electrons. The summed E-state index contributed by atoms with van der Waals surface area (Å²) in [4.78, 5) is 4.22. The van der Waals surface area contributed by atoms with E-state index in [1.165, 1.54) is 5.56 Å². The molecule has 2 nitrogen and oxygen atoms in total. The molecule has 0 fully saturated rings. The molecule has 1 N–H and O–H groups in total. The Morgan fingerprint density at radius 2 is 1.83 bits per heavy atom. The highest BCUT2D eigenvalue weighted by Gasteiger charge is 2.08. The molecule has 0 aliphatic carbocycles. The van der Waals surface area contributed by atoms with E-state index in [1.807, 2.05) is 18.3 Å². The van der Waals surface area contributed by atoms with E-state index in [9.17, 15) is 0 Å². The molecule has 0 saturated heterocycles. The third-order valence-electron chi connectivity index (χ3n) is 2.75. The number of halogens is 2. The minimum Gasteiger partial charge on any atom is -0.377 e. The molecule has 0 amide bonds. The SMILES string of the molecule is CCC(Nc1ccc(Br)nc1)c1ccc(Br)cc1. The molecule has 4 heteroatoms. The molecule has 1 atom stereocenters. The van der Waals surface area contributed by atoms with Gasteiger partial charge in [0.25, 0.3) is 0 Å². The molecule has 2 aromatic rings. The van der Waals surface area contributed by atoms with E-state index >= 15 is 0 Å². The molecule has 0 aliphatic rings. The Labute approximate surface area is 124 Å². The molecular formula is C14H14Br2N2. The van der Waals surface area contributed by atoms with Gasteiger partial charge in [-0.15, -0.1) is 0 Å². The van der Waals surface area contributed by atoms with Crippen LogP contribution in [0.3, 0.4) is 0 Å². The molecule has 18 heavy (non-hydrogen) atoms. The van der Waals surface area contributed by atoms with Crippen molar-refractivity contribution >= 4 is 37.5 Å². The van der Waals surface area contributed by atoms with Crippen LogP contribution in [0, 0.1) is 0 Å². The topological polar surface area (TPSA) is 24.9 Å². The zero-order valence-corrected chi connectivity index (χ0v) is 13.2. The van der Waals surface area contributed by atoms with E-state index in [0.717, 1.165) is 21.2 Å². The number of rotatable bonds is 4. The first-order valence-electron chi connectivity index (χ1n) is 5.82. The summed E-state index contributed by atoms with van der Waals surface area (Å²) in [6, 6.07) is 12.7. The number of hydrogen-bond donors (Lipinski definition) is 1. The third kappa shape index (κ3) is 3.56. The van der Waals surface area contributed by atoms with Crippen LogP contribution in [0.5, 0.6) is 0 Å². The minimum atomic E-state index is 0.307. The lowest BCUT2D eigenvalue weighted by Gasteiger charge is -2.18. The van der Waals surface area contributed by atoms with Gasteiger partial charge in [0.15, 0.2) is 0 Å². The van der Waals surface area contributed by atoms with Crippen LogP contribution in [0.4, 0.5) is 5.69 Å². The summed E-state index contributed by atoms with van der Waals surface area (Å²) < 4.78 is 1.95. The fraction of sp³-hybridized carbons (Fsp3) is 0.214. The zero-order chi connectivity index (χ0) is 13.0. The van der Waals surface area contributed by atoms with E-state index in [-0.39, 0.29) is 0 Å². The summed E-state index contributed by atoms with van der Waals surface area (Å²) in [5, 5.41) is 3.49. The molecule has 1 aromatic carbocycles. The molecule has 0 saturated carbocycles. The largest absolute Gasteiger partial charge is 0.377 e. The Kier molecular flexibility index (Phi) is 4.78. The third-order valence-corrected chi connectivity index (χ3v) is 3.75. The smallest absolute Gasteiger partial charge is 0.106 e. The van der Waals surface area contributed by atoms with Gasteiger partial charge in [-0.1, -0.05) is 35.0 Å². The molecule has 1 aromatic heterocycles. The lowest BCUT2D eigenvalue weighted by Crippen LogP contribution is -2.09. The van der Waals surface area contributed by atoms with Crippen molar-refractivity contribution in [3.63, 3.8) is 0 Å². The molecule has 1 heterocycles. The van der Waals surface area contributed by atoms with E-state index in [2.05, 4.69) is 73.3 Å². The van der Waals surface area contributed by atoms with E-state index in [4.69, 9.17) is 0 Å². The molecule has 94 valence electrons. The maximum absolute atomic E-state index is 4.22. The van der Waals surface area contributed by atoms with Gasteiger partial charge in [-0.3, -0.25) is 0 Å². The monoisotopic (exact) mass is 368 g/mol. The van der Waals surface area contributed by atoms with Gasteiger partial charge in [0, 0.05) is 4.47 Å². The normalized spacial score (nSPS) is 12.2. The number of pyridine rings is 1. The average Bonchev–Trinajstić information content (AvgIpc) is 2.39. The average molecular weight is 370 g/mol. The van der Waals surface area contributed by atoms with Crippen LogP contribution in [0.15, 0.2) is 51.7 Å². The highest BCUT2D eigenvalue weighted by atomic mass is 79.9. The van der Waals surface area contributed by atoms with Crippen LogP contribution in [-0.2, 0) is 0 Å². The summed E-state index contributed by atoms with van der Waals surface area (Å²) >= 11 is 6.79. The van der Waals surface area contributed by atoms with Crippen LogP contribution in [0.25, 0.3) is 0 Å². The second-order valence-electron chi connectivity index (χ2n) is 4.03. The van der Waals surface area contributed by atoms with Crippen molar-refractivity contribution in [2.24, 2.45) is 0 Å². The van der Waals surface area contributed by atoms with Crippen molar-refractivity contribution in [1.29, 1.82) is 0 Å². The van der Waals surface area contributed by atoms with Gasteiger partial charge in [0.05, 0.1) is 17.9 Å². The molecule has 0 spiro atoms. The lowest BCUT2D eigenvalue weighted by molar-refractivity contribution is 0.748. The summed E-state index contributed by atoms with van der Waals surface area (Å²) in [6.45, 7) is 2.17. The first kappa shape index (κ1) is 13.6. The van der Waals surface area contributed by atoms with Gasteiger partial charge in [-0.25, -0.2) is 4.98 Å². The number of anilines is 1. The van der Waals surface area contributed by atoms with Gasteiger partial charge >= 0.3 is 0 Å². The molecular weight excluding hydrogens is 356 g/mol. The number of nitrogens with one attached hydrogen (secondary N) is 1. The van der Waals surface area contributed by atoms with Crippen LogP contribution < -0.4 is 5.32 Å². The van der Waals surface area contributed by atoms with Crippen molar-refractivity contribution in [2.45, 2.75) is 19.4 Å². The van der Waals surface area contributed by atoms with Crippen molar-refractivity contribution < 1.29 is 0 Å². The first-order valence-corrected chi connectivity index (χ1v) is 7.41. The Balaban J connectivity index is 2.14. The van der Waals surface area contributed by atoms with Crippen LogP contribution in [0.2, 0.25) is 0 Å². The van der Waals surface area contributed by atoms with Gasteiger partial charge in [0.1, 0.15) is 4.60 Å². The van der Waals surface area contributed by atoms with Gasteiger partial charge < -0.3 is 5.32 Å². The van der Waals surface area contributed by atoms with Crippen molar-refractivity contribution in [1.82, 2.24) is 4.98 Å². The summed E-state index contributed by atoms with van der Waals surface area (Å²) in [5.74, 6) is 0. The molecule has 0 bridgehead atoms. The number of hydrogen-bond acceptors (Lipinski definition) is 2. The quantitative estimate of drug-likeness (QED) is 0.752. The highest BCUT2D eigenvalue weighted by Crippen LogP contribution is 2.24. The summed E-state index contributed by atoms with van der Waals surface area (Å²) in [6.07, 6.45) is 2.86. The van der Waals surface area contributed by atoms with Crippen molar-refractivity contribution in [3.05, 3.63) is 57.2 Å². The standard InChI is InChI=1S/C14H14Br2N2/c1-2-13(10-3-5-11(15)6-4-10)18-12-7-8-14(16)17-9-12/h3-9,13,18H,2H2,1H3. The minimum absolute atomic E-state index is 0.307. The Hall–Kier alpha value is -0.870. The van der Waals surface area contributed by atoms with Crippen LogP contribution in [-0.4, -0.2) is 4.98 Å². The molecule has 1 unspecified atom stereocenters. The fourth-order valence-electron chi connectivity index (χ4n) is 1.78. The first-order chi connectivity index (χ1) is 8.69. The van der Waals surface area contributed by atoms with Gasteiger partial charge in [-0.2, -0.15) is 0 Å². The van der Waals surface area contributed by atoms with Crippen LogP contribution >= 0.6 is 31.9 Å². The molecule has 0 aliphatic heterocycles. The Bertz CT molecular complexity index is 494. The number of aromatic nitrogens is 1. The van der Waals surface area contributed by atoms with Gasteiger partial charge in [0.2, 0.25) is 0 Å². The second kappa shape index (κ2) is 6.34. The predicted octanol–water partition coefficient (Wildman–Crippen LogP) is 5.17. The maximum atomic E-state index is 4.22. The zero-order valence-electron chi connectivity index (χ0n) is 10.0. The summed E-state index contributed by atoms with van der Waals surface area (Å²) in [7, 11) is 0. The second-order valence-corrected chi connectivity index (χ2v) is 5.75. The van der Waals surface area contributed by atoms with Crippen molar-refractivity contribution in [3.8, 4) is 0 Å². The predicted molar refractivity (Wildman–Crippen MR) is 82.7 cm³/mol. The van der Waals surface area contributed by atoms with E-state index in [0.29, 0.717) is 6.04 Å². The number of benzene rings is 1. The van der Waals surface area contributed by atoms with Crippen LogP contribution in [0.1, 0.15) is 24.9 Å². The number of nitrogens with zero attached hydrogens (tertiary/aromatic N) is 1. The summed E-state index contributed by atoms with van der Waals surface area (Å²) in [5.41, 5.74) is 2.32. The van der Waals surface area contributed by atoms with Gasteiger partial charge in [-0.05, 0) is 52.2 Å². The maximum Gasteiger partial charge on any atom is 0.106 e. The van der Waals surface area contributed by atoms with Crippen molar-refractivity contribution in [2.75, 3.05) is 5.32 Å². The Morgan fingerprint density at radius 1 is 1.11 bits per heavy atom.